The highest BCUT2D eigenvalue weighted by atomic mass is 16.1. The minimum absolute atomic E-state index is 0.747. The summed E-state index contributed by atoms with van der Waals surface area (Å²) in [5.74, 6) is 0. The third-order valence-corrected chi connectivity index (χ3v) is 2.78. The summed E-state index contributed by atoms with van der Waals surface area (Å²) in [7, 11) is 0. The molecular weight excluding hydrogens is 220 g/mol. The van der Waals surface area contributed by atoms with E-state index in [1.54, 1.807) is 0 Å². The Kier molecular flexibility index (Phi) is 6.49. The molecule has 0 aromatic heterocycles. The van der Waals surface area contributed by atoms with E-state index in [0.717, 1.165) is 24.7 Å². The van der Waals surface area contributed by atoms with Gasteiger partial charge >= 0.3 is 0 Å². The molecule has 0 radical (unpaired) electrons. The van der Waals surface area contributed by atoms with Crippen molar-refractivity contribution in [1.82, 2.24) is 0 Å². The predicted octanol–water partition coefficient (Wildman–Crippen LogP) is 4.31. The maximum absolute atomic E-state index is 10.2. The Morgan fingerprint density at radius 3 is 1.67 bits per heavy atom. The topological polar surface area (TPSA) is 17.1 Å². The van der Waals surface area contributed by atoms with E-state index < -0.39 is 0 Å². The zero-order valence-corrected chi connectivity index (χ0v) is 11.1. The molecule has 0 fully saturated rings. The minimum atomic E-state index is 0.747. The average Bonchev–Trinajstić information content (AvgIpc) is 2.49. The molecule has 0 aliphatic heterocycles. The molecule has 0 amide bonds. The molecule has 0 saturated heterocycles. The van der Waals surface area contributed by atoms with Crippen molar-refractivity contribution >= 4 is 6.29 Å². The third kappa shape index (κ3) is 4.96. The lowest BCUT2D eigenvalue weighted by Crippen LogP contribution is -1.81. The molecule has 2 aromatic rings. The SMILES string of the molecule is CCc1ccc(C=O)cc1.CCc1ccccc1. The van der Waals surface area contributed by atoms with Crippen LogP contribution in [0.2, 0.25) is 0 Å². The van der Waals surface area contributed by atoms with E-state index in [9.17, 15) is 4.79 Å². The van der Waals surface area contributed by atoms with Crippen molar-refractivity contribution in [3.05, 3.63) is 71.3 Å². The van der Waals surface area contributed by atoms with E-state index in [-0.39, 0.29) is 0 Å². The number of carbonyl (C=O) groups is 1. The van der Waals surface area contributed by atoms with E-state index in [4.69, 9.17) is 0 Å². The second-order valence-electron chi connectivity index (χ2n) is 4.05. The molecule has 0 unspecified atom stereocenters. The zero-order chi connectivity index (χ0) is 13.2. The van der Waals surface area contributed by atoms with Crippen LogP contribution in [0.3, 0.4) is 0 Å². The highest BCUT2D eigenvalue weighted by molar-refractivity contribution is 5.74. The molecule has 0 aliphatic carbocycles. The lowest BCUT2D eigenvalue weighted by atomic mass is 10.1. The van der Waals surface area contributed by atoms with Crippen molar-refractivity contribution < 1.29 is 4.79 Å². The summed E-state index contributed by atoms with van der Waals surface area (Å²) < 4.78 is 0. The number of rotatable bonds is 3. The van der Waals surface area contributed by atoms with Gasteiger partial charge in [-0.1, -0.05) is 68.4 Å². The average molecular weight is 240 g/mol. The fourth-order valence-electron chi connectivity index (χ4n) is 1.55. The Labute approximate surface area is 109 Å². The van der Waals surface area contributed by atoms with E-state index in [2.05, 4.69) is 38.1 Å². The number of aryl methyl sites for hydroxylation is 2. The highest BCUT2D eigenvalue weighted by Gasteiger charge is 1.88. The summed E-state index contributed by atoms with van der Waals surface area (Å²) in [4.78, 5) is 10.2. The number of carbonyl (C=O) groups excluding carboxylic acids is 1. The van der Waals surface area contributed by atoms with Crippen LogP contribution >= 0.6 is 0 Å². The van der Waals surface area contributed by atoms with E-state index >= 15 is 0 Å². The van der Waals surface area contributed by atoms with Crippen molar-refractivity contribution in [1.29, 1.82) is 0 Å². The molecule has 0 N–H and O–H groups in total. The number of hydrogen-bond donors (Lipinski definition) is 0. The predicted molar refractivity (Wildman–Crippen MR) is 77.0 cm³/mol. The first-order valence-electron chi connectivity index (χ1n) is 6.38. The standard InChI is InChI=1S/C9H10O.C8H10/c1-2-8-3-5-9(7-10)6-4-8;1-2-8-6-4-3-5-7-8/h3-7H,2H2,1H3;3-7H,2H2,1H3. The smallest absolute Gasteiger partial charge is 0.150 e. The highest BCUT2D eigenvalue weighted by Crippen LogP contribution is 2.02. The number of aldehydes is 1. The van der Waals surface area contributed by atoms with Gasteiger partial charge in [-0.2, -0.15) is 0 Å². The van der Waals surface area contributed by atoms with Crippen LogP contribution in [0.25, 0.3) is 0 Å². The fraction of sp³-hybridized carbons (Fsp3) is 0.235. The van der Waals surface area contributed by atoms with Gasteiger partial charge in [-0.15, -0.1) is 0 Å². The van der Waals surface area contributed by atoms with Crippen LogP contribution in [-0.2, 0) is 12.8 Å². The molecule has 0 saturated carbocycles. The first-order chi connectivity index (χ1) is 8.80. The second-order valence-corrected chi connectivity index (χ2v) is 4.05. The molecule has 94 valence electrons. The molecule has 1 heteroatoms. The monoisotopic (exact) mass is 240 g/mol. The van der Waals surface area contributed by atoms with E-state index in [0.29, 0.717) is 0 Å². The summed E-state index contributed by atoms with van der Waals surface area (Å²) in [6, 6.07) is 18.1. The van der Waals surface area contributed by atoms with Crippen molar-refractivity contribution in [2.75, 3.05) is 0 Å². The minimum Gasteiger partial charge on any atom is -0.298 e. The summed E-state index contributed by atoms with van der Waals surface area (Å²) in [6.45, 7) is 4.26. The summed E-state index contributed by atoms with van der Waals surface area (Å²) >= 11 is 0. The second kappa shape index (κ2) is 8.24. The van der Waals surface area contributed by atoms with Crippen molar-refractivity contribution in [2.45, 2.75) is 26.7 Å². The van der Waals surface area contributed by atoms with Crippen LogP contribution < -0.4 is 0 Å². The van der Waals surface area contributed by atoms with Crippen LogP contribution in [0.4, 0.5) is 0 Å². The van der Waals surface area contributed by atoms with Crippen LogP contribution in [0, 0.1) is 0 Å². The molecule has 2 aromatic carbocycles. The first-order valence-corrected chi connectivity index (χ1v) is 6.38. The molecule has 0 heterocycles. The van der Waals surface area contributed by atoms with Gasteiger partial charge in [-0.25, -0.2) is 0 Å². The lowest BCUT2D eigenvalue weighted by Gasteiger charge is -1.93. The Morgan fingerprint density at radius 1 is 0.778 bits per heavy atom. The summed E-state index contributed by atoms with van der Waals surface area (Å²) in [6.07, 6.45) is 3.03. The van der Waals surface area contributed by atoms with Gasteiger partial charge in [-0.05, 0) is 24.0 Å². The van der Waals surface area contributed by atoms with Gasteiger partial charge in [0, 0.05) is 5.56 Å². The van der Waals surface area contributed by atoms with Crippen LogP contribution in [0.1, 0.15) is 35.3 Å². The largest absolute Gasteiger partial charge is 0.298 e. The van der Waals surface area contributed by atoms with Gasteiger partial charge < -0.3 is 0 Å². The summed E-state index contributed by atoms with van der Waals surface area (Å²) in [5, 5.41) is 0. The van der Waals surface area contributed by atoms with Crippen molar-refractivity contribution in [2.24, 2.45) is 0 Å². The van der Waals surface area contributed by atoms with Crippen LogP contribution in [-0.4, -0.2) is 6.29 Å². The zero-order valence-electron chi connectivity index (χ0n) is 11.1. The van der Waals surface area contributed by atoms with E-state index in [1.807, 2.05) is 30.3 Å². The maximum Gasteiger partial charge on any atom is 0.150 e. The Hall–Kier alpha value is -1.89. The van der Waals surface area contributed by atoms with Gasteiger partial charge in [0.05, 0.1) is 0 Å². The van der Waals surface area contributed by atoms with Crippen LogP contribution in [0.5, 0.6) is 0 Å². The lowest BCUT2D eigenvalue weighted by molar-refractivity contribution is 0.112. The molecule has 0 aliphatic rings. The molecule has 0 bridgehead atoms. The first kappa shape index (κ1) is 14.2. The Bertz CT molecular complexity index is 443. The van der Waals surface area contributed by atoms with Crippen molar-refractivity contribution in [3.63, 3.8) is 0 Å². The third-order valence-electron chi connectivity index (χ3n) is 2.78. The van der Waals surface area contributed by atoms with Gasteiger partial charge in [0.15, 0.2) is 0 Å². The molecule has 0 atom stereocenters. The fourth-order valence-corrected chi connectivity index (χ4v) is 1.55. The van der Waals surface area contributed by atoms with E-state index in [1.165, 1.54) is 11.1 Å². The van der Waals surface area contributed by atoms with Gasteiger partial charge in [0.2, 0.25) is 0 Å². The maximum atomic E-state index is 10.2. The van der Waals surface area contributed by atoms with Gasteiger partial charge in [0.25, 0.3) is 0 Å². The van der Waals surface area contributed by atoms with Gasteiger partial charge in [-0.3, -0.25) is 4.79 Å². The molecule has 18 heavy (non-hydrogen) atoms. The number of benzene rings is 2. The molecule has 0 spiro atoms. The van der Waals surface area contributed by atoms with Crippen LogP contribution in [0.15, 0.2) is 54.6 Å². The van der Waals surface area contributed by atoms with Gasteiger partial charge in [0.1, 0.15) is 6.29 Å². The normalized spacial score (nSPS) is 9.22. The molecular formula is C17H20O. The summed E-state index contributed by atoms with van der Waals surface area (Å²) in [5.41, 5.74) is 3.43. The number of hydrogen-bond acceptors (Lipinski definition) is 1. The molecule has 2 rings (SSSR count). The van der Waals surface area contributed by atoms with Crippen molar-refractivity contribution in [3.8, 4) is 0 Å². The Balaban J connectivity index is 0.000000184. The quantitative estimate of drug-likeness (QED) is 0.731. The Morgan fingerprint density at radius 2 is 1.28 bits per heavy atom. The molecule has 1 nitrogen and oxygen atoms in total.